The third-order valence-electron chi connectivity index (χ3n) is 1.22. The third-order valence-corrected chi connectivity index (χ3v) is 2.10. The Morgan fingerprint density at radius 3 is 2.69 bits per heavy atom. The summed E-state index contributed by atoms with van der Waals surface area (Å²) in [6.07, 6.45) is 1.52. The van der Waals surface area contributed by atoms with Gasteiger partial charge in [0.05, 0.1) is 5.02 Å². The lowest BCUT2D eigenvalue weighted by Crippen LogP contribution is -1.82. The molecule has 0 bridgehead atoms. The van der Waals surface area contributed by atoms with Gasteiger partial charge in [-0.25, -0.2) is 0 Å². The minimum atomic E-state index is 0.298. The molecule has 0 atom stereocenters. The second-order valence-corrected chi connectivity index (χ2v) is 3.24. The molecular weight excluding hydrogens is 208 g/mol. The SMILES string of the molecule is N#COc1ccc(SC#N)cc1Cl. The molecule has 0 aliphatic rings. The largest absolute Gasteiger partial charge is 0.386 e. The maximum Gasteiger partial charge on any atom is 0.292 e. The summed E-state index contributed by atoms with van der Waals surface area (Å²) in [5.41, 5.74) is 0. The molecular formula is C8H3ClN2OS. The number of nitrogens with zero attached hydrogens (tertiary/aromatic N) is 2. The van der Waals surface area contributed by atoms with Gasteiger partial charge in [-0.3, -0.25) is 0 Å². The first kappa shape index (κ1) is 9.73. The van der Waals surface area contributed by atoms with Gasteiger partial charge in [0.2, 0.25) is 0 Å². The highest BCUT2D eigenvalue weighted by molar-refractivity contribution is 8.03. The Morgan fingerprint density at radius 2 is 2.15 bits per heavy atom. The monoisotopic (exact) mass is 210 g/mol. The number of hydrogen-bond acceptors (Lipinski definition) is 4. The van der Waals surface area contributed by atoms with Crippen LogP contribution in [-0.4, -0.2) is 0 Å². The summed E-state index contributed by atoms with van der Waals surface area (Å²) in [5, 5.41) is 18.8. The second-order valence-electron chi connectivity index (χ2n) is 1.98. The molecule has 3 nitrogen and oxygen atoms in total. The number of ether oxygens (including phenoxy) is 1. The van der Waals surface area contributed by atoms with E-state index in [9.17, 15) is 0 Å². The van der Waals surface area contributed by atoms with Crippen molar-refractivity contribution in [2.75, 3.05) is 0 Å². The van der Waals surface area contributed by atoms with Crippen LogP contribution < -0.4 is 4.74 Å². The Kier molecular flexibility index (Phi) is 3.45. The van der Waals surface area contributed by atoms with Crippen LogP contribution >= 0.6 is 23.4 Å². The molecule has 0 heterocycles. The second kappa shape index (κ2) is 4.61. The highest BCUT2D eigenvalue weighted by Crippen LogP contribution is 2.29. The molecule has 0 unspecified atom stereocenters. The van der Waals surface area contributed by atoms with E-state index in [4.69, 9.17) is 22.1 Å². The Bertz CT molecular complexity index is 394. The maximum absolute atomic E-state index is 8.37. The number of benzene rings is 1. The van der Waals surface area contributed by atoms with Crippen LogP contribution in [0, 0.1) is 22.2 Å². The summed E-state index contributed by atoms with van der Waals surface area (Å²) in [7, 11) is 0. The van der Waals surface area contributed by atoms with Crippen molar-refractivity contribution < 1.29 is 4.74 Å². The lowest BCUT2D eigenvalue weighted by molar-refractivity contribution is 0.507. The fourth-order valence-electron chi connectivity index (χ4n) is 0.730. The summed E-state index contributed by atoms with van der Waals surface area (Å²) in [5.74, 6) is 0.298. The van der Waals surface area contributed by atoms with Gasteiger partial charge in [-0.1, -0.05) is 11.6 Å². The highest BCUT2D eigenvalue weighted by Gasteiger charge is 2.02. The van der Waals surface area contributed by atoms with E-state index in [1.165, 1.54) is 6.26 Å². The first-order chi connectivity index (χ1) is 6.27. The van der Waals surface area contributed by atoms with Crippen molar-refractivity contribution in [2.45, 2.75) is 4.90 Å². The standard InChI is InChI=1S/C8H3ClN2OS/c9-7-3-6(13-5-11)1-2-8(7)12-4-10/h1-3H. The molecule has 0 fully saturated rings. The molecule has 0 amide bonds. The van der Waals surface area contributed by atoms with E-state index in [2.05, 4.69) is 4.74 Å². The van der Waals surface area contributed by atoms with Crippen molar-refractivity contribution in [1.82, 2.24) is 0 Å². The van der Waals surface area contributed by atoms with Gasteiger partial charge in [-0.15, -0.1) is 5.26 Å². The van der Waals surface area contributed by atoms with E-state index in [0.29, 0.717) is 10.8 Å². The minimum Gasteiger partial charge on any atom is -0.386 e. The van der Waals surface area contributed by atoms with Crippen LogP contribution in [0.1, 0.15) is 0 Å². The van der Waals surface area contributed by atoms with Gasteiger partial charge in [0.25, 0.3) is 6.26 Å². The molecule has 1 rings (SSSR count). The molecule has 1 aromatic rings. The van der Waals surface area contributed by atoms with Gasteiger partial charge < -0.3 is 4.74 Å². The van der Waals surface area contributed by atoms with Crippen LogP contribution in [0.4, 0.5) is 0 Å². The average Bonchev–Trinajstić information content (AvgIpc) is 2.10. The minimum absolute atomic E-state index is 0.298. The summed E-state index contributed by atoms with van der Waals surface area (Å²) in [6.45, 7) is 0. The molecule has 64 valence electrons. The van der Waals surface area contributed by atoms with Crippen LogP contribution in [0.25, 0.3) is 0 Å². The van der Waals surface area contributed by atoms with E-state index >= 15 is 0 Å². The molecule has 0 N–H and O–H groups in total. The topological polar surface area (TPSA) is 56.8 Å². The van der Waals surface area contributed by atoms with Crippen LogP contribution in [0.5, 0.6) is 5.75 Å². The van der Waals surface area contributed by atoms with E-state index in [-0.39, 0.29) is 0 Å². The zero-order valence-corrected chi connectivity index (χ0v) is 7.89. The van der Waals surface area contributed by atoms with Gasteiger partial charge in [-0.05, 0) is 30.0 Å². The molecule has 0 saturated carbocycles. The zero-order chi connectivity index (χ0) is 9.68. The summed E-state index contributed by atoms with van der Waals surface area (Å²) in [6, 6.07) is 4.78. The molecule has 0 aliphatic carbocycles. The highest BCUT2D eigenvalue weighted by atomic mass is 35.5. The third kappa shape index (κ3) is 2.55. The number of nitriles is 2. The molecule has 13 heavy (non-hydrogen) atoms. The number of thioether (sulfide) groups is 1. The number of halogens is 1. The van der Waals surface area contributed by atoms with Crippen LogP contribution in [0.3, 0.4) is 0 Å². The Hall–Kier alpha value is -1.36. The zero-order valence-electron chi connectivity index (χ0n) is 6.32. The van der Waals surface area contributed by atoms with E-state index in [0.717, 1.165) is 16.7 Å². The molecule has 0 aliphatic heterocycles. The summed E-state index contributed by atoms with van der Waals surface area (Å²) < 4.78 is 4.55. The summed E-state index contributed by atoms with van der Waals surface area (Å²) >= 11 is 6.74. The molecule has 0 radical (unpaired) electrons. The number of rotatable bonds is 2. The van der Waals surface area contributed by atoms with E-state index in [1.54, 1.807) is 18.2 Å². The fourth-order valence-corrected chi connectivity index (χ4v) is 1.43. The van der Waals surface area contributed by atoms with Gasteiger partial charge in [0.1, 0.15) is 5.40 Å². The molecule has 1 aromatic carbocycles. The number of thiocyanates is 1. The maximum atomic E-state index is 8.37. The van der Waals surface area contributed by atoms with Gasteiger partial charge in [-0.2, -0.15) is 5.26 Å². The summed E-state index contributed by atoms with van der Waals surface area (Å²) in [4.78, 5) is 0.720. The predicted octanol–water partition coefficient (Wildman–Crippen LogP) is 2.77. The van der Waals surface area contributed by atoms with Gasteiger partial charge in [0, 0.05) is 4.90 Å². The Labute approximate surface area is 84.5 Å². The fraction of sp³-hybridized carbons (Fsp3) is 0. The molecule has 0 aromatic heterocycles. The number of hydrogen-bond donors (Lipinski definition) is 0. The van der Waals surface area contributed by atoms with Gasteiger partial charge in [0.15, 0.2) is 5.75 Å². The van der Waals surface area contributed by atoms with Crippen molar-refractivity contribution in [3.05, 3.63) is 23.2 Å². The van der Waals surface area contributed by atoms with Crippen LogP contribution in [0.2, 0.25) is 5.02 Å². The first-order valence-corrected chi connectivity index (χ1v) is 4.39. The lowest BCUT2D eigenvalue weighted by Gasteiger charge is -1.99. The van der Waals surface area contributed by atoms with Gasteiger partial charge >= 0.3 is 0 Å². The van der Waals surface area contributed by atoms with Crippen molar-refractivity contribution in [2.24, 2.45) is 0 Å². The average molecular weight is 211 g/mol. The van der Waals surface area contributed by atoms with E-state index < -0.39 is 0 Å². The van der Waals surface area contributed by atoms with Crippen LogP contribution in [0.15, 0.2) is 23.1 Å². The molecule has 0 spiro atoms. The Morgan fingerprint density at radius 1 is 1.38 bits per heavy atom. The molecule has 5 heteroatoms. The van der Waals surface area contributed by atoms with Crippen LogP contribution in [-0.2, 0) is 0 Å². The van der Waals surface area contributed by atoms with Crippen molar-refractivity contribution in [1.29, 1.82) is 10.5 Å². The normalized spacial score (nSPS) is 8.54. The van der Waals surface area contributed by atoms with Crippen molar-refractivity contribution >= 4 is 23.4 Å². The smallest absolute Gasteiger partial charge is 0.292 e. The van der Waals surface area contributed by atoms with E-state index in [1.807, 2.05) is 5.40 Å². The van der Waals surface area contributed by atoms with Crippen molar-refractivity contribution in [3.8, 4) is 17.4 Å². The first-order valence-electron chi connectivity index (χ1n) is 3.19. The molecule has 0 saturated heterocycles. The lowest BCUT2D eigenvalue weighted by atomic mass is 10.3. The predicted molar refractivity (Wildman–Crippen MR) is 49.2 cm³/mol. The quantitative estimate of drug-likeness (QED) is 0.556. The Balaban J connectivity index is 2.94. The van der Waals surface area contributed by atoms with Crippen molar-refractivity contribution in [3.63, 3.8) is 0 Å².